The van der Waals surface area contributed by atoms with Crippen molar-refractivity contribution in [3.05, 3.63) is 59.5 Å². The Balaban J connectivity index is 1.38. The van der Waals surface area contributed by atoms with Crippen LogP contribution < -0.4 is 10.1 Å². The van der Waals surface area contributed by atoms with E-state index < -0.39 is 0 Å². The van der Waals surface area contributed by atoms with Gasteiger partial charge in [-0.1, -0.05) is 17.7 Å². The van der Waals surface area contributed by atoms with E-state index in [2.05, 4.69) is 15.5 Å². The number of pyridine rings is 1. The van der Waals surface area contributed by atoms with Gasteiger partial charge in [0.1, 0.15) is 11.6 Å². The fraction of sp³-hybridized carbons (Fsp3) is 0.235. The normalized spacial score (nSPS) is 10.7. The molecule has 124 valence electrons. The Bertz CT molecular complexity index is 817. The number of hydrogen-bond acceptors (Lipinski definition) is 4. The van der Waals surface area contributed by atoms with Crippen molar-refractivity contribution in [1.29, 1.82) is 0 Å². The predicted octanol–water partition coefficient (Wildman–Crippen LogP) is 2.51. The van der Waals surface area contributed by atoms with E-state index in [4.69, 9.17) is 16.3 Å². The maximum Gasteiger partial charge on any atom is 0.257 e. The van der Waals surface area contributed by atoms with Crippen molar-refractivity contribution in [3.8, 4) is 5.75 Å². The first-order chi connectivity index (χ1) is 11.7. The molecule has 1 aromatic carbocycles. The van der Waals surface area contributed by atoms with Crippen molar-refractivity contribution in [2.24, 2.45) is 0 Å². The van der Waals surface area contributed by atoms with Crippen LogP contribution in [-0.4, -0.2) is 33.7 Å². The van der Waals surface area contributed by atoms with Gasteiger partial charge in [0.25, 0.3) is 5.91 Å². The van der Waals surface area contributed by atoms with E-state index in [1.165, 1.54) is 0 Å². The van der Waals surface area contributed by atoms with Gasteiger partial charge in [0.2, 0.25) is 0 Å². The van der Waals surface area contributed by atoms with E-state index in [1.807, 2.05) is 28.8 Å². The molecule has 0 saturated heterocycles. The average Bonchev–Trinajstić information content (AvgIpc) is 3.01. The molecule has 0 bridgehead atoms. The van der Waals surface area contributed by atoms with E-state index in [0.29, 0.717) is 17.3 Å². The summed E-state index contributed by atoms with van der Waals surface area (Å²) in [6.07, 6.45) is 3.45. The first-order valence-electron chi connectivity index (χ1n) is 7.66. The molecule has 6 nitrogen and oxygen atoms in total. The number of benzene rings is 1. The van der Waals surface area contributed by atoms with Crippen LogP contribution in [0.1, 0.15) is 12.2 Å². The lowest BCUT2D eigenvalue weighted by Crippen LogP contribution is -2.30. The Morgan fingerprint density at radius 3 is 2.83 bits per heavy atom. The minimum Gasteiger partial charge on any atom is -0.484 e. The summed E-state index contributed by atoms with van der Waals surface area (Å²) in [6.45, 7) is 0.542. The lowest BCUT2D eigenvalue weighted by molar-refractivity contribution is -0.123. The third-order valence-electron chi connectivity index (χ3n) is 3.47. The molecule has 2 aromatic heterocycles. The van der Waals surface area contributed by atoms with Crippen molar-refractivity contribution in [3.63, 3.8) is 0 Å². The first-order valence-corrected chi connectivity index (χ1v) is 8.04. The molecule has 0 atom stereocenters. The molecule has 24 heavy (non-hydrogen) atoms. The molecule has 1 amide bonds. The topological polar surface area (TPSA) is 68.5 Å². The molecule has 3 rings (SSSR count). The van der Waals surface area contributed by atoms with Crippen LogP contribution in [0.15, 0.2) is 48.7 Å². The number of nitrogens with one attached hydrogen (secondary N) is 1. The quantitative estimate of drug-likeness (QED) is 0.669. The highest BCUT2D eigenvalue weighted by Crippen LogP contribution is 2.15. The number of fused-ring (bicyclic) bond motifs is 1. The highest BCUT2D eigenvalue weighted by atomic mass is 35.5. The predicted molar refractivity (Wildman–Crippen MR) is 91.3 cm³/mol. The van der Waals surface area contributed by atoms with Gasteiger partial charge in [0.15, 0.2) is 12.3 Å². The van der Waals surface area contributed by atoms with Gasteiger partial charge in [-0.3, -0.25) is 9.20 Å². The van der Waals surface area contributed by atoms with Crippen LogP contribution in [0, 0.1) is 0 Å². The van der Waals surface area contributed by atoms with Crippen molar-refractivity contribution in [2.45, 2.75) is 12.8 Å². The zero-order chi connectivity index (χ0) is 16.8. The first kappa shape index (κ1) is 16.3. The molecule has 0 aliphatic rings. The number of amides is 1. The van der Waals surface area contributed by atoms with Gasteiger partial charge >= 0.3 is 0 Å². The summed E-state index contributed by atoms with van der Waals surface area (Å²) in [5.74, 6) is 1.35. The monoisotopic (exact) mass is 344 g/mol. The lowest BCUT2D eigenvalue weighted by atomic mass is 10.3. The Morgan fingerprint density at radius 1 is 1.17 bits per heavy atom. The maximum atomic E-state index is 11.8. The van der Waals surface area contributed by atoms with Crippen LogP contribution in [0.3, 0.4) is 0 Å². The second kappa shape index (κ2) is 7.79. The summed E-state index contributed by atoms with van der Waals surface area (Å²) in [5.41, 5.74) is 0.827. The standard InChI is InChI=1S/C17H17ClN4O2/c18-13-6-8-14(9-7-13)24-12-17(23)19-10-3-5-16-21-20-15-4-1-2-11-22(15)16/h1-2,4,6-9,11H,3,5,10,12H2,(H,19,23). The number of ether oxygens (including phenoxy) is 1. The number of aromatic nitrogens is 3. The highest BCUT2D eigenvalue weighted by Gasteiger charge is 2.05. The number of rotatable bonds is 7. The van der Waals surface area contributed by atoms with E-state index in [9.17, 15) is 4.79 Å². The Labute approximate surface area is 144 Å². The molecular weight excluding hydrogens is 328 g/mol. The molecular formula is C17H17ClN4O2. The van der Waals surface area contributed by atoms with Gasteiger partial charge in [-0.25, -0.2) is 0 Å². The van der Waals surface area contributed by atoms with E-state index in [0.717, 1.165) is 24.3 Å². The van der Waals surface area contributed by atoms with Gasteiger partial charge in [0, 0.05) is 24.2 Å². The number of nitrogens with zero attached hydrogens (tertiary/aromatic N) is 3. The largest absolute Gasteiger partial charge is 0.484 e. The van der Waals surface area contributed by atoms with Gasteiger partial charge in [0.05, 0.1) is 0 Å². The minimum atomic E-state index is -0.156. The van der Waals surface area contributed by atoms with Crippen LogP contribution in [-0.2, 0) is 11.2 Å². The van der Waals surface area contributed by atoms with Crippen LogP contribution in [0.2, 0.25) is 5.02 Å². The second-order valence-corrected chi connectivity index (χ2v) is 5.68. The molecule has 7 heteroatoms. The third-order valence-corrected chi connectivity index (χ3v) is 3.72. The summed E-state index contributed by atoms with van der Waals surface area (Å²) in [5, 5.41) is 11.7. The number of aryl methyl sites for hydroxylation is 1. The van der Waals surface area contributed by atoms with Crippen molar-refractivity contribution >= 4 is 23.2 Å². The van der Waals surface area contributed by atoms with Crippen LogP contribution >= 0.6 is 11.6 Å². The smallest absolute Gasteiger partial charge is 0.257 e. The summed E-state index contributed by atoms with van der Waals surface area (Å²) < 4.78 is 7.34. The molecule has 0 aliphatic heterocycles. The Hall–Kier alpha value is -2.60. The number of halogens is 1. The van der Waals surface area contributed by atoms with Crippen LogP contribution in [0.4, 0.5) is 0 Å². The molecule has 0 aliphatic carbocycles. The summed E-state index contributed by atoms with van der Waals surface area (Å²) in [6, 6.07) is 12.7. The van der Waals surface area contributed by atoms with E-state index >= 15 is 0 Å². The average molecular weight is 345 g/mol. The molecule has 0 saturated carbocycles. The summed E-state index contributed by atoms with van der Waals surface area (Å²) >= 11 is 5.79. The SMILES string of the molecule is O=C(COc1ccc(Cl)cc1)NCCCc1nnc2ccccn12. The van der Waals surface area contributed by atoms with Crippen LogP contribution in [0.25, 0.3) is 5.65 Å². The summed E-state index contributed by atoms with van der Waals surface area (Å²) in [4.78, 5) is 11.8. The van der Waals surface area contributed by atoms with Gasteiger partial charge < -0.3 is 10.1 Å². The number of carbonyl (C=O) groups excluding carboxylic acids is 1. The number of carbonyl (C=O) groups is 1. The van der Waals surface area contributed by atoms with Gasteiger partial charge in [-0.05, 0) is 42.8 Å². The molecule has 3 aromatic rings. The van der Waals surface area contributed by atoms with E-state index in [-0.39, 0.29) is 12.5 Å². The second-order valence-electron chi connectivity index (χ2n) is 5.24. The van der Waals surface area contributed by atoms with Crippen molar-refractivity contribution in [1.82, 2.24) is 19.9 Å². The fourth-order valence-corrected chi connectivity index (χ4v) is 2.39. The van der Waals surface area contributed by atoms with Gasteiger partial charge in [-0.2, -0.15) is 0 Å². The lowest BCUT2D eigenvalue weighted by Gasteiger charge is -2.07. The van der Waals surface area contributed by atoms with Gasteiger partial charge in [-0.15, -0.1) is 10.2 Å². The van der Waals surface area contributed by atoms with Crippen molar-refractivity contribution < 1.29 is 9.53 Å². The molecule has 0 spiro atoms. The molecule has 0 unspecified atom stereocenters. The molecule has 0 radical (unpaired) electrons. The molecule has 0 fully saturated rings. The van der Waals surface area contributed by atoms with E-state index in [1.54, 1.807) is 24.3 Å². The van der Waals surface area contributed by atoms with Crippen LogP contribution in [0.5, 0.6) is 5.75 Å². The zero-order valence-electron chi connectivity index (χ0n) is 13.0. The Morgan fingerprint density at radius 2 is 2.00 bits per heavy atom. The maximum absolute atomic E-state index is 11.8. The zero-order valence-corrected chi connectivity index (χ0v) is 13.7. The van der Waals surface area contributed by atoms with Crippen molar-refractivity contribution in [2.75, 3.05) is 13.2 Å². The Kier molecular flexibility index (Phi) is 5.28. The number of hydrogen-bond donors (Lipinski definition) is 1. The third kappa shape index (κ3) is 4.23. The molecule has 2 heterocycles. The highest BCUT2D eigenvalue weighted by molar-refractivity contribution is 6.30. The minimum absolute atomic E-state index is 0.0184. The fourth-order valence-electron chi connectivity index (χ4n) is 2.27. The molecule has 1 N–H and O–H groups in total. The summed E-state index contributed by atoms with van der Waals surface area (Å²) in [7, 11) is 0.